The molecule has 0 saturated heterocycles. The molecule has 2 atom stereocenters. The Morgan fingerprint density at radius 1 is 0.696 bits per heavy atom. The summed E-state index contributed by atoms with van der Waals surface area (Å²) < 4.78 is 27.7. The van der Waals surface area contributed by atoms with Gasteiger partial charge in [-0.2, -0.15) is 0 Å². The van der Waals surface area contributed by atoms with Crippen molar-refractivity contribution in [2.45, 2.75) is 133 Å². The van der Waals surface area contributed by atoms with E-state index in [1.807, 2.05) is 41.7 Å². The van der Waals surface area contributed by atoms with E-state index in [9.17, 15) is 0 Å². The molecule has 8 aromatic rings. The van der Waals surface area contributed by atoms with Crippen LogP contribution in [0.1, 0.15) is 136 Å². The minimum atomic E-state index is -1.30. The van der Waals surface area contributed by atoms with Crippen molar-refractivity contribution >= 4 is 50.1 Å². The first kappa shape index (κ1) is 54.6. The number of hydrogen-bond donors (Lipinski definition) is 1. The fraction of sp³-hybridized carbons (Fsp3) is 0.367. The van der Waals surface area contributed by atoms with Gasteiger partial charge in [-0.1, -0.05) is 163 Å². The van der Waals surface area contributed by atoms with Crippen molar-refractivity contribution in [3.8, 4) is 23.0 Å². The third-order valence-corrected chi connectivity index (χ3v) is 14.7. The van der Waals surface area contributed by atoms with E-state index in [1.54, 1.807) is 6.08 Å². The van der Waals surface area contributed by atoms with Crippen LogP contribution in [-0.4, -0.2) is 20.3 Å². The quantitative estimate of drug-likeness (QED) is 0.122. The van der Waals surface area contributed by atoms with Crippen molar-refractivity contribution in [3.05, 3.63) is 167 Å². The number of benzene rings is 5. The van der Waals surface area contributed by atoms with E-state index in [2.05, 4.69) is 224 Å². The first-order chi connectivity index (χ1) is 32.8. The van der Waals surface area contributed by atoms with Gasteiger partial charge >= 0.3 is 0 Å². The van der Waals surface area contributed by atoms with E-state index in [1.165, 1.54) is 55.0 Å². The van der Waals surface area contributed by atoms with Crippen LogP contribution in [0.4, 0.5) is 0 Å². The Balaban J connectivity index is 0.000000418. The molecule has 9 heteroatoms. The van der Waals surface area contributed by atoms with Crippen LogP contribution in [0.15, 0.2) is 128 Å². The molecule has 0 bridgehead atoms. The summed E-state index contributed by atoms with van der Waals surface area (Å²) >= 11 is 0. The molecule has 0 saturated carbocycles. The van der Waals surface area contributed by atoms with E-state index in [-0.39, 0.29) is 19.8 Å². The van der Waals surface area contributed by atoms with Crippen LogP contribution in [0.25, 0.3) is 32.7 Å². The van der Waals surface area contributed by atoms with Gasteiger partial charge in [-0.15, -0.1) is 6.58 Å². The highest BCUT2D eigenvalue weighted by atomic mass is 31.2. The zero-order chi connectivity index (χ0) is 51.0. The Morgan fingerprint density at radius 2 is 1.16 bits per heavy atom. The fourth-order valence-electron chi connectivity index (χ4n) is 8.62. The van der Waals surface area contributed by atoms with Crippen LogP contribution in [0.2, 0.25) is 0 Å². The number of nitrogens with one attached hydrogen (secondary N) is 1. The second-order valence-electron chi connectivity index (χ2n) is 19.6. The van der Waals surface area contributed by atoms with Gasteiger partial charge < -0.3 is 18.4 Å². The highest BCUT2D eigenvalue weighted by molar-refractivity contribution is 7.49. The van der Waals surface area contributed by atoms with Crippen molar-refractivity contribution in [2.24, 2.45) is 7.05 Å². The molecule has 9 rings (SSSR count). The molecule has 1 aliphatic rings. The summed E-state index contributed by atoms with van der Waals surface area (Å²) in [7, 11) is 2.79. The van der Waals surface area contributed by atoms with E-state index in [4.69, 9.17) is 13.8 Å². The molecule has 69 heavy (non-hydrogen) atoms. The van der Waals surface area contributed by atoms with Gasteiger partial charge in [0.05, 0.1) is 11.0 Å². The van der Waals surface area contributed by atoms with E-state index < -0.39 is 13.9 Å². The Kier molecular flexibility index (Phi) is 18.3. The van der Waals surface area contributed by atoms with Crippen LogP contribution in [0, 0.1) is 13.8 Å². The zero-order valence-electron chi connectivity index (χ0n) is 45.0. The number of nitrogens with zero attached hydrogens (tertiary/aromatic N) is 3. The molecular weight excluding hydrogens is 887 g/mol. The molecule has 0 fully saturated rings. The van der Waals surface area contributed by atoms with Gasteiger partial charge in [0.1, 0.15) is 0 Å². The monoisotopic (exact) mass is 967 g/mol. The zero-order valence-corrected chi connectivity index (χ0v) is 46.9. The maximum atomic E-state index is 7.11. The smallest absolute Gasteiger partial charge is 0.280 e. The molecule has 3 aromatic heterocycles. The van der Waals surface area contributed by atoms with Crippen molar-refractivity contribution in [1.82, 2.24) is 18.3 Å². The number of hydrogen-bond acceptors (Lipinski definition) is 4. The SMILES string of the molecule is C=CC.CC.CC.CCc1cn(POc2cc(C(C)(C)C)cc3c2Oc2c(OP(NC)n4cc(C)c5ccccc54)cc(C(C)(C)C)cc2C3(C)C)c2ccccc12.Cc1cn(C)c2ccccc12. The van der Waals surface area contributed by atoms with E-state index >= 15 is 0 Å². The molecule has 4 heterocycles. The summed E-state index contributed by atoms with van der Waals surface area (Å²) in [6.45, 7) is 37.9. The minimum absolute atomic E-state index is 0.0485. The maximum absolute atomic E-state index is 7.11. The normalized spacial score (nSPS) is 13.1. The standard InChI is InChI=1S/C43H51N3O3P2.C10H11N.C3H6.2C2H6/c1-12-28-26-45(35-19-15-14-18-32(28)35)50-48-37-23-29(41(3,4)5)21-33-39(37)47-40-34(43(33,9)10)22-30(42(6,7)8)24-38(40)49-51(44-11)46-25-27(2)31-17-13-16-20-36(31)46;1-8-7-11(2)10-6-4-3-5-9(8)10;1-3-2;2*1-2/h13-26,44,50H,12H2,1-11H3;3-7H,1-2H3;3H,1H2,2H3;2*1-2H3. The highest BCUT2D eigenvalue weighted by Crippen LogP contribution is 2.58. The van der Waals surface area contributed by atoms with E-state index in [0.717, 1.165) is 46.1 Å². The maximum Gasteiger partial charge on any atom is 0.280 e. The summed E-state index contributed by atoms with van der Waals surface area (Å²) in [4.78, 5) is 0. The Bertz CT molecular complexity index is 2960. The van der Waals surface area contributed by atoms with Gasteiger partial charge in [-0.25, -0.2) is 5.09 Å². The highest BCUT2D eigenvalue weighted by Gasteiger charge is 2.41. The number of para-hydroxylation sites is 3. The molecule has 1 N–H and O–H groups in total. The lowest BCUT2D eigenvalue weighted by molar-refractivity contribution is 0.383. The summed E-state index contributed by atoms with van der Waals surface area (Å²) in [5, 5.41) is 7.35. The first-order valence-electron chi connectivity index (χ1n) is 24.7. The van der Waals surface area contributed by atoms with Gasteiger partial charge in [-0.05, 0) is 103 Å². The number of aryl methyl sites for hydroxylation is 4. The number of allylic oxidation sites excluding steroid dienone is 1. The predicted molar refractivity (Wildman–Crippen MR) is 303 cm³/mol. The molecule has 0 aliphatic carbocycles. The largest absolute Gasteiger partial charge is 0.451 e. The second kappa shape index (κ2) is 23.1. The molecule has 0 spiro atoms. The van der Waals surface area contributed by atoms with Crippen LogP contribution < -0.4 is 18.9 Å². The second-order valence-corrected chi connectivity index (χ2v) is 22.1. The number of rotatable bonds is 8. The molecule has 2 unspecified atom stereocenters. The Labute approximate surface area is 418 Å². The number of fused-ring (bicyclic) bond motifs is 5. The average molecular weight is 967 g/mol. The third-order valence-electron chi connectivity index (χ3n) is 12.4. The van der Waals surface area contributed by atoms with Gasteiger partial charge in [0.2, 0.25) is 0 Å². The van der Waals surface area contributed by atoms with Crippen molar-refractivity contribution < 1.29 is 13.8 Å². The van der Waals surface area contributed by atoms with Gasteiger partial charge in [0, 0.05) is 63.9 Å². The lowest BCUT2D eigenvalue weighted by atomic mass is 9.72. The summed E-state index contributed by atoms with van der Waals surface area (Å²) in [5.74, 6) is 2.97. The van der Waals surface area contributed by atoms with Crippen molar-refractivity contribution in [1.29, 1.82) is 0 Å². The lowest BCUT2D eigenvalue weighted by Crippen LogP contribution is -2.27. The predicted octanol–water partition coefficient (Wildman–Crippen LogP) is 18.0. The minimum Gasteiger partial charge on any atom is -0.451 e. The number of aromatic nitrogens is 3. The average Bonchev–Trinajstić information content (AvgIpc) is 3.97. The Hall–Kier alpha value is -5.32. The van der Waals surface area contributed by atoms with Crippen LogP contribution in [0.3, 0.4) is 0 Å². The number of ether oxygens (including phenoxy) is 1. The lowest BCUT2D eigenvalue weighted by Gasteiger charge is -2.38. The van der Waals surface area contributed by atoms with Crippen LogP contribution in [0.5, 0.6) is 23.0 Å². The van der Waals surface area contributed by atoms with Gasteiger partial charge in [0.25, 0.3) is 8.45 Å². The van der Waals surface area contributed by atoms with Crippen LogP contribution in [-0.2, 0) is 29.7 Å². The van der Waals surface area contributed by atoms with E-state index in [0.29, 0.717) is 0 Å². The molecule has 368 valence electrons. The topological polar surface area (TPSA) is 54.5 Å². The van der Waals surface area contributed by atoms with Crippen molar-refractivity contribution in [3.63, 3.8) is 0 Å². The third kappa shape index (κ3) is 11.7. The molecule has 0 amide bonds. The first-order valence-corrected chi connectivity index (χ1v) is 26.8. The molecule has 5 aromatic carbocycles. The fourth-order valence-corrected chi connectivity index (χ4v) is 10.8. The summed E-state index contributed by atoms with van der Waals surface area (Å²) in [5.41, 5.74) is 11.6. The molecule has 7 nitrogen and oxygen atoms in total. The van der Waals surface area contributed by atoms with Gasteiger partial charge in [-0.3, -0.25) is 8.68 Å². The molecule has 1 aliphatic heterocycles. The van der Waals surface area contributed by atoms with Gasteiger partial charge in [0.15, 0.2) is 32.0 Å². The summed E-state index contributed by atoms with van der Waals surface area (Å²) in [6, 6.07) is 34.5. The Morgan fingerprint density at radius 3 is 1.68 bits per heavy atom. The van der Waals surface area contributed by atoms with Crippen molar-refractivity contribution in [2.75, 3.05) is 7.05 Å². The summed E-state index contributed by atoms with van der Waals surface area (Å²) in [6.07, 6.45) is 9.29. The molecule has 0 radical (unpaired) electrons. The van der Waals surface area contributed by atoms with Crippen LogP contribution >= 0.6 is 17.4 Å². The molecular formula is C60H80N4O3P2.